The van der Waals surface area contributed by atoms with Crippen molar-refractivity contribution < 1.29 is 14.3 Å². The predicted molar refractivity (Wildman–Crippen MR) is 137 cm³/mol. The van der Waals surface area contributed by atoms with Crippen LogP contribution in [0.1, 0.15) is 11.3 Å². The highest BCUT2D eigenvalue weighted by atomic mass is 16.5. The van der Waals surface area contributed by atoms with Gasteiger partial charge in [-0.2, -0.15) is 0 Å². The molecule has 1 amide bonds. The van der Waals surface area contributed by atoms with E-state index in [1.165, 1.54) is 0 Å². The zero-order chi connectivity index (χ0) is 23.6. The van der Waals surface area contributed by atoms with Gasteiger partial charge in [0.2, 0.25) is 0 Å². The minimum atomic E-state index is -0.103. The molecule has 0 radical (unpaired) electrons. The Morgan fingerprint density at radius 1 is 1.06 bits per heavy atom. The molecule has 7 heteroatoms. The molecule has 2 aromatic carbocycles. The van der Waals surface area contributed by atoms with Crippen molar-refractivity contribution in [1.82, 2.24) is 14.9 Å². The van der Waals surface area contributed by atoms with Crippen LogP contribution in [-0.2, 0) is 9.53 Å². The van der Waals surface area contributed by atoms with E-state index in [4.69, 9.17) is 9.47 Å². The predicted octanol–water partition coefficient (Wildman–Crippen LogP) is 4.43. The van der Waals surface area contributed by atoms with E-state index in [9.17, 15) is 4.79 Å². The number of hydrogen-bond acceptors (Lipinski definition) is 5. The SMILES string of the molecule is O=C1Nc2cc(-c3cccnc3)ccc2/C1=C\c1cc2cc(OCCN3CCOCC3)ccc2[nH]1. The maximum atomic E-state index is 12.8. The van der Waals surface area contributed by atoms with Gasteiger partial charge in [0.1, 0.15) is 12.4 Å². The van der Waals surface area contributed by atoms with E-state index in [1.807, 2.05) is 66.9 Å². The zero-order valence-corrected chi connectivity index (χ0v) is 19.3. The number of carbonyl (C=O) groups is 1. The normalized spacial score (nSPS) is 17.0. The third kappa shape index (κ3) is 4.56. The van der Waals surface area contributed by atoms with E-state index in [0.717, 1.165) is 77.6 Å². The van der Waals surface area contributed by atoms with Crippen LogP contribution in [0.25, 0.3) is 33.7 Å². The summed E-state index contributed by atoms with van der Waals surface area (Å²) < 4.78 is 11.4. The van der Waals surface area contributed by atoms with Crippen molar-refractivity contribution in [3.8, 4) is 16.9 Å². The number of benzene rings is 2. The fraction of sp³-hybridized carbons (Fsp3) is 0.214. The number of aromatic amines is 1. The van der Waals surface area contributed by atoms with Gasteiger partial charge in [-0.15, -0.1) is 0 Å². The van der Waals surface area contributed by atoms with E-state index in [2.05, 4.69) is 20.2 Å². The third-order valence-electron chi connectivity index (χ3n) is 6.49. The molecule has 2 aromatic heterocycles. The van der Waals surface area contributed by atoms with E-state index >= 15 is 0 Å². The van der Waals surface area contributed by atoms with Crippen LogP contribution in [0.15, 0.2) is 67.0 Å². The summed E-state index contributed by atoms with van der Waals surface area (Å²) in [5.41, 5.74) is 6.27. The number of anilines is 1. The summed E-state index contributed by atoms with van der Waals surface area (Å²) in [7, 11) is 0. The molecule has 2 aliphatic rings. The van der Waals surface area contributed by atoms with Crippen molar-refractivity contribution in [2.45, 2.75) is 0 Å². The van der Waals surface area contributed by atoms with Gasteiger partial charge in [0.15, 0.2) is 0 Å². The van der Waals surface area contributed by atoms with E-state index in [0.29, 0.717) is 12.2 Å². The van der Waals surface area contributed by atoms with E-state index in [-0.39, 0.29) is 5.91 Å². The summed E-state index contributed by atoms with van der Waals surface area (Å²) >= 11 is 0. The quantitative estimate of drug-likeness (QED) is 0.411. The number of fused-ring (bicyclic) bond motifs is 2. The lowest BCUT2D eigenvalue weighted by Gasteiger charge is -2.26. The third-order valence-corrected chi connectivity index (χ3v) is 6.49. The van der Waals surface area contributed by atoms with Crippen LogP contribution in [0.3, 0.4) is 0 Å². The number of pyridine rings is 1. The molecule has 35 heavy (non-hydrogen) atoms. The molecule has 0 atom stereocenters. The average Bonchev–Trinajstić information content (AvgIpc) is 3.44. The molecular weight excluding hydrogens is 440 g/mol. The number of H-pyrrole nitrogens is 1. The summed E-state index contributed by atoms with van der Waals surface area (Å²) in [4.78, 5) is 22.7. The smallest absolute Gasteiger partial charge is 0.256 e. The number of ether oxygens (including phenoxy) is 2. The van der Waals surface area contributed by atoms with Crippen molar-refractivity contribution in [3.63, 3.8) is 0 Å². The summed E-state index contributed by atoms with van der Waals surface area (Å²) in [6, 6.07) is 18.0. The first-order valence-corrected chi connectivity index (χ1v) is 11.9. The first-order valence-electron chi connectivity index (χ1n) is 11.9. The van der Waals surface area contributed by atoms with E-state index < -0.39 is 0 Å². The molecule has 0 aliphatic carbocycles. The highest BCUT2D eigenvalue weighted by molar-refractivity contribution is 6.35. The molecule has 7 nitrogen and oxygen atoms in total. The van der Waals surface area contributed by atoms with Crippen molar-refractivity contribution in [2.24, 2.45) is 0 Å². The molecule has 0 saturated carbocycles. The van der Waals surface area contributed by atoms with Crippen LogP contribution in [-0.4, -0.2) is 60.2 Å². The minimum Gasteiger partial charge on any atom is -0.492 e. The molecule has 4 heterocycles. The monoisotopic (exact) mass is 466 g/mol. The molecule has 176 valence electrons. The molecule has 2 aliphatic heterocycles. The van der Waals surface area contributed by atoms with Crippen molar-refractivity contribution in [2.75, 3.05) is 44.8 Å². The van der Waals surface area contributed by atoms with Gasteiger partial charge in [-0.25, -0.2) is 0 Å². The standard InChI is InChI=1S/C28H26N4O3/c33-28-25(24-5-3-19(16-27(24)31-28)20-2-1-7-29-18-20)17-22-14-21-15-23(4-6-26(21)30-22)35-13-10-32-8-11-34-12-9-32/h1-7,14-18,30H,8-13H2,(H,31,33)/b25-17+. The lowest BCUT2D eigenvalue weighted by molar-refractivity contribution is -0.110. The van der Waals surface area contributed by atoms with Gasteiger partial charge in [0.05, 0.1) is 18.8 Å². The summed E-state index contributed by atoms with van der Waals surface area (Å²) in [6.45, 7) is 5.04. The molecule has 4 aromatic rings. The van der Waals surface area contributed by atoms with Crippen LogP contribution < -0.4 is 10.1 Å². The van der Waals surface area contributed by atoms with Crippen LogP contribution in [0, 0.1) is 0 Å². The van der Waals surface area contributed by atoms with Crippen molar-refractivity contribution in [1.29, 1.82) is 0 Å². The topological polar surface area (TPSA) is 79.5 Å². The highest BCUT2D eigenvalue weighted by Crippen LogP contribution is 2.36. The molecule has 1 saturated heterocycles. The van der Waals surface area contributed by atoms with Crippen molar-refractivity contribution in [3.05, 3.63) is 78.2 Å². The largest absolute Gasteiger partial charge is 0.492 e. The Bertz CT molecular complexity index is 1400. The lowest BCUT2D eigenvalue weighted by Crippen LogP contribution is -2.38. The maximum absolute atomic E-state index is 12.8. The number of hydrogen-bond donors (Lipinski definition) is 2. The van der Waals surface area contributed by atoms with Gasteiger partial charge in [-0.05, 0) is 48.0 Å². The van der Waals surface area contributed by atoms with E-state index in [1.54, 1.807) is 6.20 Å². The highest BCUT2D eigenvalue weighted by Gasteiger charge is 2.24. The molecule has 2 N–H and O–H groups in total. The van der Waals surface area contributed by atoms with Crippen LogP contribution in [0.4, 0.5) is 5.69 Å². The Kier molecular flexibility index (Phi) is 5.78. The fourth-order valence-electron chi connectivity index (χ4n) is 4.62. The Balaban J connectivity index is 1.20. The van der Waals surface area contributed by atoms with Gasteiger partial charge >= 0.3 is 0 Å². The summed E-state index contributed by atoms with van der Waals surface area (Å²) in [6.07, 6.45) is 5.48. The van der Waals surface area contributed by atoms with Gasteiger partial charge in [-0.1, -0.05) is 18.2 Å². The molecule has 0 spiro atoms. The number of aromatic nitrogens is 2. The molecule has 0 unspecified atom stereocenters. The zero-order valence-electron chi connectivity index (χ0n) is 19.3. The Morgan fingerprint density at radius 2 is 1.97 bits per heavy atom. The molecule has 6 rings (SSSR count). The Morgan fingerprint density at radius 3 is 2.83 bits per heavy atom. The van der Waals surface area contributed by atoms with Crippen molar-refractivity contribution >= 4 is 34.1 Å². The summed E-state index contributed by atoms with van der Waals surface area (Å²) in [5, 5.41) is 4.05. The molecule has 0 bridgehead atoms. The number of amides is 1. The maximum Gasteiger partial charge on any atom is 0.256 e. The van der Waals surface area contributed by atoms with Gasteiger partial charge in [-0.3, -0.25) is 14.7 Å². The Labute approximate surface area is 203 Å². The number of nitrogens with one attached hydrogen (secondary N) is 2. The molecule has 1 fully saturated rings. The van der Waals surface area contributed by atoms with Crippen LogP contribution >= 0.6 is 0 Å². The first kappa shape index (κ1) is 21.6. The van der Waals surface area contributed by atoms with Crippen LogP contribution in [0.2, 0.25) is 0 Å². The number of nitrogens with zero attached hydrogens (tertiary/aromatic N) is 2. The lowest BCUT2D eigenvalue weighted by atomic mass is 10.0. The minimum absolute atomic E-state index is 0.103. The second-order valence-electron chi connectivity index (χ2n) is 8.79. The second-order valence-corrected chi connectivity index (χ2v) is 8.79. The number of rotatable bonds is 6. The second kappa shape index (κ2) is 9.37. The number of morpholine rings is 1. The Hall–Kier alpha value is -3.94. The van der Waals surface area contributed by atoms with Crippen LogP contribution in [0.5, 0.6) is 5.75 Å². The average molecular weight is 467 g/mol. The van der Waals surface area contributed by atoms with Gasteiger partial charge < -0.3 is 19.8 Å². The first-order chi connectivity index (χ1) is 17.2. The number of carbonyl (C=O) groups excluding carboxylic acids is 1. The fourth-order valence-corrected chi connectivity index (χ4v) is 4.62. The molecular formula is C28H26N4O3. The van der Waals surface area contributed by atoms with Gasteiger partial charge in [0, 0.05) is 65.4 Å². The summed E-state index contributed by atoms with van der Waals surface area (Å²) in [5.74, 6) is 0.741. The van der Waals surface area contributed by atoms with Gasteiger partial charge in [0.25, 0.3) is 5.91 Å².